The van der Waals surface area contributed by atoms with Gasteiger partial charge in [0, 0.05) is 32.2 Å². The number of rotatable bonds is 4. The van der Waals surface area contributed by atoms with E-state index in [1.54, 1.807) is 0 Å². The lowest BCUT2D eigenvalue weighted by molar-refractivity contribution is -0.0385. The molecule has 0 amide bonds. The highest BCUT2D eigenvalue weighted by Crippen LogP contribution is 2.40. The van der Waals surface area contributed by atoms with Gasteiger partial charge < -0.3 is 14.5 Å². The summed E-state index contributed by atoms with van der Waals surface area (Å²) < 4.78 is 10.9. The highest BCUT2D eigenvalue weighted by atomic mass is 32.1. The van der Waals surface area contributed by atoms with E-state index in [4.69, 9.17) is 4.74 Å². The van der Waals surface area contributed by atoms with E-state index in [0.717, 1.165) is 24.2 Å². The molecule has 0 radical (unpaired) electrons. The molecule has 1 saturated carbocycles. The minimum Gasteiger partial charge on any atom is -0.366 e. The Morgan fingerprint density at radius 3 is 2.61 bits per heavy atom. The van der Waals surface area contributed by atoms with Crippen molar-refractivity contribution in [3.8, 4) is 0 Å². The van der Waals surface area contributed by atoms with Gasteiger partial charge in [-0.2, -0.15) is 9.36 Å². The summed E-state index contributed by atoms with van der Waals surface area (Å²) in [6, 6.07) is 10.5. The summed E-state index contributed by atoms with van der Waals surface area (Å²) in [5, 5.41) is 1.00. The van der Waals surface area contributed by atoms with Crippen LogP contribution in [0.4, 0.5) is 11.1 Å². The fraction of sp³-hybridized carbons (Fsp3) is 0.529. The van der Waals surface area contributed by atoms with Crippen LogP contribution in [0.3, 0.4) is 0 Å². The predicted octanol–water partition coefficient (Wildman–Crippen LogP) is 2.96. The van der Waals surface area contributed by atoms with Crippen LogP contribution in [0.25, 0.3) is 0 Å². The molecule has 2 fully saturated rings. The third-order valence-electron chi connectivity index (χ3n) is 4.52. The van der Waals surface area contributed by atoms with E-state index in [0.29, 0.717) is 12.0 Å². The molecule has 2 aromatic rings. The van der Waals surface area contributed by atoms with Gasteiger partial charge in [-0.3, -0.25) is 0 Å². The predicted molar refractivity (Wildman–Crippen MR) is 93.2 cm³/mol. The van der Waals surface area contributed by atoms with E-state index in [-0.39, 0.29) is 6.10 Å². The summed E-state index contributed by atoms with van der Waals surface area (Å²) in [5.41, 5.74) is 1.25. The van der Waals surface area contributed by atoms with Gasteiger partial charge in [-0.05, 0) is 24.3 Å². The third kappa shape index (κ3) is 3.19. The molecule has 5 nitrogen and oxygen atoms in total. The van der Waals surface area contributed by atoms with Crippen molar-refractivity contribution in [1.82, 2.24) is 9.36 Å². The first-order valence-corrected chi connectivity index (χ1v) is 8.94. The Labute approximate surface area is 141 Å². The second-order valence-electron chi connectivity index (χ2n) is 6.59. The Morgan fingerprint density at radius 1 is 1.17 bits per heavy atom. The van der Waals surface area contributed by atoms with E-state index in [2.05, 4.69) is 44.6 Å². The Hall–Kier alpha value is -1.66. The molecule has 122 valence electrons. The van der Waals surface area contributed by atoms with Crippen molar-refractivity contribution >= 4 is 22.6 Å². The van der Waals surface area contributed by atoms with Crippen molar-refractivity contribution in [2.24, 2.45) is 5.92 Å². The molecule has 6 heteroatoms. The number of nitrogens with zero attached hydrogens (tertiary/aromatic N) is 4. The third-order valence-corrected chi connectivity index (χ3v) is 5.29. The summed E-state index contributed by atoms with van der Waals surface area (Å²) in [7, 11) is 3.95. The summed E-state index contributed by atoms with van der Waals surface area (Å²) in [6.45, 7) is 1.77. The number of morpholine rings is 1. The van der Waals surface area contributed by atoms with E-state index in [9.17, 15) is 0 Å². The summed E-state index contributed by atoms with van der Waals surface area (Å²) in [5.74, 6) is 1.50. The van der Waals surface area contributed by atoms with Crippen LogP contribution in [-0.4, -0.2) is 42.6 Å². The minimum absolute atomic E-state index is 0.113. The maximum Gasteiger partial charge on any atom is 0.238 e. The molecule has 1 aliphatic heterocycles. The molecule has 1 aromatic carbocycles. The van der Waals surface area contributed by atoms with Gasteiger partial charge in [0.15, 0.2) is 0 Å². The van der Waals surface area contributed by atoms with Gasteiger partial charge in [-0.15, -0.1) is 0 Å². The van der Waals surface area contributed by atoms with Gasteiger partial charge in [0.1, 0.15) is 6.10 Å². The molecular formula is C17H22N4OS. The SMILES string of the molecule is CN(C)c1nsc(N2C[C@@H](c3ccccc3)O[C@@H](C3CC3)C2)n1. The molecule has 0 bridgehead atoms. The van der Waals surface area contributed by atoms with Crippen LogP contribution in [0.2, 0.25) is 0 Å². The minimum atomic E-state index is 0.113. The van der Waals surface area contributed by atoms with Crippen LogP contribution in [-0.2, 0) is 4.74 Å². The number of benzene rings is 1. The number of aromatic nitrogens is 2. The van der Waals surface area contributed by atoms with Crippen LogP contribution in [0.5, 0.6) is 0 Å². The van der Waals surface area contributed by atoms with E-state index in [1.165, 1.54) is 29.9 Å². The molecule has 0 unspecified atom stereocenters. The quantitative estimate of drug-likeness (QED) is 0.862. The second-order valence-corrected chi connectivity index (χ2v) is 7.32. The zero-order valence-electron chi connectivity index (χ0n) is 13.6. The van der Waals surface area contributed by atoms with Crippen LogP contribution in [0.1, 0.15) is 24.5 Å². The lowest BCUT2D eigenvalue weighted by Crippen LogP contribution is -2.45. The number of ether oxygens (including phenoxy) is 1. The lowest BCUT2D eigenvalue weighted by Gasteiger charge is -2.38. The first kappa shape index (κ1) is 14.9. The molecule has 2 atom stereocenters. The fourth-order valence-corrected chi connectivity index (χ4v) is 3.80. The Balaban J connectivity index is 1.58. The van der Waals surface area contributed by atoms with Gasteiger partial charge in [0.05, 0.1) is 12.6 Å². The second kappa shape index (κ2) is 6.09. The van der Waals surface area contributed by atoms with Crippen molar-refractivity contribution in [3.63, 3.8) is 0 Å². The van der Waals surface area contributed by atoms with Gasteiger partial charge in [-0.1, -0.05) is 30.3 Å². The van der Waals surface area contributed by atoms with Crippen molar-refractivity contribution in [3.05, 3.63) is 35.9 Å². The van der Waals surface area contributed by atoms with Crippen LogP contribution in [0, 0.1) is 5.92 Å². The Bertz CT molecular complexity index is 656. The Kier molecular flexibility index (Phi) is 3.95. The average molecular weight is 330 g/mol. The van der Waals surface area contributed by atoms with Crippen molar-refractivity contribution in [1.29, 1.82) is 0 Å². The van der Waals surface area contributed by atoms with Crippen molar-refractivity contribution in [2.45, 2.75) is 25.0 Å². The average Bonchev–Trinajstić information content (AvgIpc) is 3.31. The molecule has 23 heavy (non-hydrogen) atoms. The molecule has 1 aromatic heterocycles. The first-order valence-electron chi connectivity index (χ1n) is 8.17. The first-order chi connectivity index (χ1) is 11.2. The highest BCUT2D eigenvalue weighted by molar-refractivity contribution is 7.09. The number of hydrogen-bond acceptors (Lipinski definition) is 6. The largest absolute Gasteiger partial charge is 0.366 e. The smallest absolute Gasteiger partial charge is 0.238 e. The molecule has 1 aliphatic carbocycles. The zero-order valence-corrected chi connectivity index (χ0v) is 14.4. The van der Waals surface area contributed by atoms with Gasteiger partial charge >= 0.3 is 0 Å². The van der Waals surface area contributed by atoms with E-state index < -0.39 is 0 Å². The molecule has 0 N–H and O–H groups in total. The van der Waals surface area contributed by atoms with Crippen LogP contribution in [0.15, 0.2) is 30.3 Å². The lowest BCUT2D eigenvalue weighted by atomic mass is 10.1. The monoisotopic (exact) mass is 330 g/mol. The maximum absolute atomic E-state index is 6.41. The van der Waals surface area contributed by atoms with Crippen molar-refractivity contribution in [2.75, 3.05) is 37.0 Å². The highest BCUT2D eigenvalue weighted by Gasteiger charge is 2.39. The molecule has 0 spiro atoms. The maximum atomic E-state index is 6.41. The normalized spacial score (nSPS) is 24.7. The molecular weight excluding hydrogens is 308 g/mol. The fourth-order valence-electron chi connectivity index (χ4n) is 3.04. The molecule has 2 heterocycles. The molecule has 4 rings (SSSR count). The summed E-state index contributed by atoms with van der Waals surface area (Å²) >= 11 is 1.48. The van der Waals surface area contributed by atoms with Gasteiger partial charge in [-0.25, -0.2) is 0 Å². The summed E-state index contributed by atoms with van der Waals surface area (Å²) in [6.07, 6.45) is 3.00. The van der Waals surface area contributed by atoms with Gasteiger partial charge in [0.2, 0.25) is 11.1 Å². The van der Waals surface area contributed by atoms with E-state index >= 15 is 0 Å². The van der Waals surface area contributed by atoms with E-state index in [1.807, 2.05) is 19.0 Å². The summed E-state index contributed by atoms with van der Waals surface area (Å²) in [4.78, 5) is 8.99. The van der Waals surface area contributed by atoms with Gasteiger partial charge in [0.25, 0.3) is 0 Å². The zero-order chi connectivity index (χ0) is 15.8. The molecule has 2 aliphatic rings. The number of anilines is 2. The number of hydrogen-bond donors (Lipinski definition) is 0. The standard InChI is InChI=1S/C17H22N4OS/c1-20(2)16-18-17(23-19-16)21-10-14(12-6-4-3-5-7-12)22-15(11-21)13-8-9-13/h3-7,13-15H,8-11H2,1-2H3/t14-,15+/m0/s1. The Morgan fingerprint density at radius 2 is 1.96 bits per heavy atom. The molecule has 1 saturated heterocycles. The topological polar surface area (TPSA) is 41.5 Å². The van der Waals surface area contributed by atoms with Crippen molar-refractivity contribution < 1.29 is 4.74 Å². The van der Waals surface area contributed by atoms with Crippen LogP contribution < -0.4 is 9.80 Å². The van der Waals surface area contributed by atoms with Crippen LogP contribution >= 0.6 is 11.5 Å².